The lowest BCUT2D eigenvalue weighted by Gasteiger charge is -2.23. The van der Waals surface area contributed by atoms with Crippen LogP contribution in [0.4, 0.5) is 0 Å². The molecule has 1 unspecified atom stereocenters. The first-order valence-electron chi connectivity index (χ1n) is 7.99. The summed E-state index contributed by atoms with van der Waals surface area (Å²) in [6, 6.07) is 8.07. The molecule has 1 aliphatic carbocycles. The van der Waals surface area contributed by atoms with Crippen molar-refractivity contribution < 1.29 is 4.79 Å². The molecule has 0 radical (unpaired) electrons. The number of amides is 1. The minimum atomic E-state index is 0.0271. The maximum absolute atomic E-state index is 12.3. The monoisotopic (exact) mass is 298 g/mol. The first kappa shape index (κ1) is 14.8. The summed E-state index contributed by atoms with van der Waals surface area (Å²) in [4.78, 5) is 16.2. The molecule has 1 N–H and O–H groups in total. The third-order valence-electron chi connectivity index (χ3n) is 4.41. The van der Waals surface area contributed by atoms with Gasteiger partial charge in [-0.25, -0.2) is 9.67 Å². The second-order valence-corrected chi connectivity index (χ2v) is 6.00. The van der Waals surface area contributed by atoms with E-state index in [4.69, 9.17) is 0 Å². The molecule has 5 heteroatoms. The Hall–Kier alpha value is -2.17. The van der Waals surface area contributed by atoms with Gasteiger partial charge in [-0.3, -0.25) is 4.79 Å². The molecule has 3 rings (SSSR count). The Morgan fingerprint density at radius 1 is 1.23 bits per heavy atom. The maximum atomic E-state index is 12.3. The summed E-state index contributed by atoms with van der Waals surface area (Å²) in [6.45, 7) is 2.03. The van der Waals surface area contributed by atoms with Crippen LogP contribution in [0.3, 0.4) is 0 Å². The Morgan fingerprint density at radius 3 is 2.59 bits per heavy atom. The summed E-state index contributed by atoms with van der Waals surface area (Å²) in [6.07, 6.45) is 8.87. The molecule has 1 aromatic carbocycles. The van der Waals surface area contributed by atoms with Gasteiger partial charge in [0.15, 0.2) is 0 Å². The fourth-order valence-corrected chi connectivity index (χ4v) is 3.04. The molecule has 1 aromatic heterocycles. The number of aromatic nitrogens is 3. The van der Waals surface area contributed by atoms with Gasteiger partial charge in [0.25, 0.3) is 0 Å². The summed E-state index contributed by atoms with van der Waals surface area (Å²) in [5, 5.41) is 7.25. The van der Waals surface area contributed by atoms with Crippen molar-refractivity contribution in [3.8, 4) is 5.69 Å². The molecule has 1 amide bonds. The maximum Gasteiger partial charge on any atom is 0.223 e. The van der Waals surface area contributed by atoms with E-state index >= 15 is 0 Å². The Bertz CT molecular complexity index is 600. The molecule has 5 nitrogen and oxygen atoms in total. The summed E-state index contributed by atoms with van der Waals surface area (Å²) in [7, 11) is 0. The van der Waals surface area contributed by atoms with Crippen molar-refractivity contribution in [1.82, 2.24) is 20.1 Å². The zero-order valence-electron chi connectivity index (χ0n) is 12.9. The normalized spacial score (nSPS) is 17.1. The number of benzene rings is 1. The zero-order chi connectivity index (χ0) is 15.4. The quantitative estimate of drug-likeness (QED) is 0.944. The molecule has 0 bridgehead atoms. The van der Waals surface area contributed by atoms with Crippen LogP contribution in [-0.4, -0.2) is 20.7 Å². The molecule has 116 valence electrons. The van der Waals surface area contributed by atoms with Crippen molar-refractivity contribution >= 4 is 5.91 Å². The van der Waals surface area contributed by atoms with Crippen molar-refractivity contribution in [2.45, 2.75) is 45.1 Å². The van der Waals surface area contributed by atoms with Crippen LogP contribution in [-0.2, 0) is 4.79 Å². The van der Waals surface area contributed by atoms with Crippen molar-refractivity contribution in [3.63, 3.8) is 0 Å². The number of rotatable bonds is 4. The van der Waals surface area contributed by atoms with Gasteiger partial charge in [0, 0.05) is 5.92 Å². The van der Waals surface area contributed by atoms with E-state index in [0.717, 1.165) is 24.1 Å². The molecule has 0 aliphatic heterocycles. The summed E-state index contributed by atoms with van der Waals surface area (Å²) in [5.74, 6) is 0.401. The highest BCUT2D eigenvalue weighted by molar-refractivity contribution is 5.79. The Morgan fingerprint density at radius 2 is 1.95 bits per heavy atom. The third-order valence-corrected chi connectivity index (χ3v) is 4.41. The number of hydrogen-bond donors (Lipinski definition) is 1. The molecule has 22 heavy (non-hydrogen) atoms. The van der Waals surface area contributed by atoms with Gasteiger partial charge < -0.3 is 5.32 Å². The summed E-state index contributed by atoms with van der Waals surface area (Å²) >= 11 is 0. The minimum Gasteiger partial charge on any atom is -0.349 e. The van der Waals surface area contributed by atoms with Crippen molar-refractivity contribution in [3.05, 3.63) is 42.5 Å². The lowest BCUT2D eigenvalue weighted by molar-refractivity contribution is -0.126. The van der Waals surface area contributed by atoms with E-state index in [1.165, 1.54) is 25.6 Å². The van der Waals surface area contributed by atoms with E-state index in [0.29, 0.717) is 0 Å². The summed E-state index contributed by atoms with van der Waals surface area (Å²) in [5.41, 5.74) is 2.07. The minimum absolute atomic E-state index is 0.0271. The first-order valence-corrected chi connectivity index (χ1v) is 7.99. The van der Waals surface area contributed by atoms with Gasteiger partial charge in [0.05, 0.1) is 11.7 Å². The van der Waals surface area contributed by atoms with Gasteiger partial charge >= 0.3 is 0 Å². The van der Waals surface area contributed by atoms with Crippen LogP contribution in [0, 0.1) is 5.92 Å². The van der Waals surface area contributed by atoms with Crippen LogP contribution >= 0.6 is 0 Å². The predicted octanol–water partition coefficient (Wildman–Crippen LogP) is 3.02. The van der Waals surface area contributed by atoms with E-state index < -0.39 is 0 Å². The molecule has 2 aromatic rings. The number of nitrogens with zero attached hydrogens (tertiary/aromatic N) is 3. The fourth-order valence-electron chi connectivity index (χ4n) is 3.04. The van der Waals surface area contributed by atoms with Crippen molar-refractivity contribution in [2.75, 3.05) is 0 Å². The average Bonchev–Trinajstić information content (AvgIpc) is 3.10. The van der Waals surface area contributed by atoms with Gasteiger partial charge in [-0.2, -0.15) is 5.10 Å². The van der Waals surface area contributed by atoms with Gasteiger partial charge in [-0.05, 0) is 37.5 Å². The number of nitrogens with one attached hydrogen (secondary N) is 1. The topological polar surface area (TPSA) is 59.8 Å². The SMILES string of the molecule is CC(NC(=O)C1CCCCC1)c1ccc(-n2cncn2)cc1. The van der Waals surface area contributed by atoms with Gasteiger partial charge in [0.1, 0.15) is 12.7 Å². The highest BCUT2D eigenvalue weighted by Crippen LogP contribution is 2.25. The largest absolute Gasteiger partial charge is 0.349 e. The van der Waals surface area contributed by atoms with Crippen molar-refractivity contribution in [2.24, 2.45) is 5.92 Å². The number of carbonyl (C=O) groups excluding carboxylic acids is 1. The van der Waals surface area contributed by atoms with E-state index in [-0.39, 0.29) is 17.9 Å². The lowest BCUT2D eigenvalue weighted by atomic mass is 9.88. The number of carbonyl (C=O) groups is 1. The smallest absolute Gasteiger partial charge is 0.223 e. The van der Waals surface area contributed by atoms with Crippen LogP contribution in [0.25, 0.3) is 5.69 Å². The second kappa shape index (κ2) is 6.73. The molecule has 1 heterocycles. The standard InChI is InChI=1S/C17H22N4O/c1-13(20-17(22)15-5-3-2-4-6-15)14-7-9-16(10-8-14)21-12-18-11-19-21/h7-13,15H,2-6H2,1H3,(H,20,22). The van der Waals surface area contributed by atoms with Crippen LogP contribution in [0.15, 0.2) is 36.9 Å². The van der Waals surface area contributed by atoms with Crippen molar-refractivity contribution in [1.29, 1.82) is 0 Å². The molecular formula is C17H22N4O. The molecule has 0 saturated heterocycles. The van der Waals surface area contributed by atoms with Crippen LogP contribution < -0.4 is 5.32 Å². The number of hydrogen-bond acceptors (Lipinski definition) is 3. The third kappa shape index (κ3) is 3.35. The van der Waals surface area contributed by atoms with Gasteiger partial charge in [0.2, 0.25) is 5.91 Å². The Balaban J connectivity index is 1.62. The fraction of sp³-hybridized carbons (Fsp3) is 0.471. The zero-order valence-corrected chi connectivity index (χ0v) is 12.9. The van der Waals surface area contributed by atoms with Crippen LogP contribution in [0.2, 0.25) is 0 Å². The molecule has 1 saturated carbocycles. The predicted molar refractivity (Wildman–Crippen MR) is 84.5 cm³/mol. The summed E-state index contributed by atoms with van der Waals surface area (Å²) < 4.78 is 1.72. The lowest BCUT2D eigenvalue weighted by Crippen LogP contribution is -2.33. The molecule has 1 atom stereocenters. The first-order chi connectivity index (χ1) is 10.7. The molecule has 0 spiro atoms. The molecular weight excluding hydrogens is 276 g/mol. The highest BCUT2D eigenvalue weighted by atomic mass is 16.1. The van der Waals surface area contributed by atoms with Gasteiger partial charge in [-0.1, -0.05) is 31.4 Å². The Labute approximate surface area is 130 Å². The average molecular weight is 298 g/mol. The second-order valence-electron chi connectivity index (χ2n) is 6.00. The van der Waals surface area contributed by atoms with E-state index in [2.05, 4.69) is 15.4 Å². The van der Waals surface area contributed by atoms with E-state index in [9.17, 15) is 4.79 Å². The van der Waals surface area contributed by atoms with E-state index in [1.54, 1.807) is 11.0 Å². The highest BCUT2D eigenvalue weighted by Gasteiger charge is 2.22. The van der Waals surface area contributed by atoms with E-state index in [1.807, 2.05) is 31.2 Å². The van der Waals surface area contributed by atoms with Crippen LogP contribution in [0.1, 0.15) is 50.6 Å². The molecule has 1 fully saturated rings. The van der Waals surface area contributed by atoms with Gasteiger partial charge in [-0.15, -0.1) is 0 Å². The Kier molecular flexibility index (Phi) is 4.51. The van der Waals surface area contributed by atoms with Crippen LogP contribution in [0.5, 0.6) is 0 Å². The molecule has 1 aliphatic rings.